The largest absolute Gasteiger partial charge is 0.303 e. The van der Waals surface area contributed by atoms with E-state index in [0.29, 0.717) is 17.1 Å². The first-order chi connectivity index (χ1) is 7.07. The van der Waals surface area contributed by atoms with E-state index in [1.165, 1.54) is 25.9 Å². The van der Waals surface area contributed by atoms with Crippen molar-refractivity contribution in [3.8, 4) is 0 Å². The molecule has 1 unspecified atom stereocenters. The highest BCUT2D eigenvalue weighted by Crippen LogP contribution is 2.37. The van der Waals surface area contributed by atoms with Gasteiger partial charge in [0.15, 0.2) is 0 Å². The molecule has 15 heavy (non-hydrogen) atoms. The van der Waals surface area contributed by atoms with E-state index in [1.54, 1.807) is 0 Å². The Labute approximate surface area is 93.0 Å². The van der Waals surface area contributed by atoms with Crippen molar-refractivity contribution >= 4 is 5.78 Å². The number of nitrogens with zero attached hydrogens (tertiary/aromatic N) is 1. The normalized spacial score (nSPS) is 32.1. The van der Waals surface area contributed by atoms with E-state index < -0.39 is 0 Å². The van der Waals surface area contributed by atoms with Crippen LogP contribution >= 0.6 is 0 Å². The van der Waals surface area contributed by atoms with Crippen LogP contribution in [0, 0.1) is 11.3 Å². The first-order valence-corrected chi connectivity index (χ1v) is 6.32. The maximum Gasteiger partial charge on any atom is 0.137 e. The summed E-state index contributed by atoms with van der Waals surface area (Å²) in [5.74, 6) is 0.841. The van der Waals surface area contributed by atoms with Crippen molar-refractivity contribution in [3.63, 3.8) is 0 Å². The van der Waals surface area contributed by atoms with E-state index in [4.69, 9.17) is 0 Å². The number of hydrogen-bond acceptors (Lipinski definition) is 2. The molecule has 1 saturated carbocycles. The minimum atomic E-state index is 0.326. The molecule has 2 aliphatic rings. The van der Waals surface area contributed by atoms with Crippen LogP contribution in [0.2, 0.25) is 0 Å². The number of likely N-dealkylation sites (tertiary alicyclic amines) is 1. The van der Waals surface area contributed by atoms with Crippen LogP contribution in [-0.2, 0) is 4.79 Å². The van der Waals surface area contributed by atoms with E-state index in [2.05, 4.69) is 18.7 Å². The van der Waals surface area contributed by atoms with Crippen LogP contribution in [-0.4, -0.2) is 30.3 Å². The zero-order valence-electron chi connectivity index (χ0n) is 10.1. The third-order valence-corrected chi connectivity index (χ3v) is 3.98. The molecule has 0 amide bonds. The first kappa shape index (κ1) is 11.1. The second-order valence-electron chi connectivity index (χ2n) is 6.04. The highest BCUT2D eigenvalue weighted by atomic mass is 16.1. The fraction of sp³-hybridized carbons (Fsp3) is 0.923. The lowest BCUT2D eigenvalue weighted by molar-refractivity contribution is -0.127. The molecule has 0 aromatic heterocycles. The summed E-state index contributed by atoms with van der Waals surface area (Å²) in [7, 11) is 0. The lowest BCUT2D eigenvalue weighted by atomic mass is 9.71. The van der Waals surface area contributed by atoms with E-state index in [0.717, 1.165) is 25.8 Å². The molecule has 0 N–H and O–H groups in total. The predicted molar refractivity (Wildman–Crippen MR) is 61.8 cm³/mol. The molecule has 86 valence electrons. The average molecular weight is 209 g/mol. The monoisotopic (exact) mass is 209 g/mol. The Balaban J connectivity index is 1.91. The summed E-state index contributed by atoms with van der Waals surface area (Å²) in [5, 5.41) is 0. The van der Waals surface area contributed by atoms with Crippen molar-refractivity contribution in [2.45, 2.75) is 46.0 Å². The number of carbonyl (C=O) groups excluding carboxylic acids is 1. The fourth-order valence-corrected chi connectivity index (χ4v) is 2.99. The molecule has 1 heterocycles. The Morgan fingerprint density at radius 1 is 1.33 bits per heavy atom. The molecule has 2 heteroatoms. The second-order valence-corrected chi connectivity index (χ2v) is 6.04. The molecule has 0 aromatic rings. The van der Waals surface area contributed by atoms with Crippen molar-refractivity contribution < 1.29 is 4.79 Å². The Hall–Kier alpha value is -0.370. The minimum Gasteiger partial charge on any atom is -0.303 e. The molecule has 0 spiro atoms. The summed E-state index contributed by atoms with van der Waals surface area (Å²) >= 11 is 0. The SMILES string of the molecule is CC1(C)CCC(=O)C(CN2CCCC2)C1. The van der Waals surface area contributed by atoms with Gasteiger partial charge in [-0.2, -0.15) is 0 Å². The quantitative estimate of drug-likeness (QED) is 0.696. The molecule has 1 aliphatic carbocycles. The molecular weight excluding hydrogens is 186 g/mol. The van der Waals surface area contributed by atoms with Gasteiger partial charge in [-0.05, 0) is 44.2 Å². The highest BCUT2D eigenvalue weighted by molar-refractivity contribution is 5.82. The predicted octanol–water partition coefficient (Wildman–Crippen LogP) is 2.48. The van der Waals surface area contributed by atoms with Crippen LogP contribution in [0.1, 0.15) is 46.0 Å². The third-order valence-electron chi connectivity index (χ3n) is 3.98. The summed E-state index contributed by atoms with van der Waals surface area (Å²) in [4.78, 5) is 14.3. The average Bonchev–Trinajstić information content (AvgIpc) is 2.64. The van der Waals surface area contributed by atoms with Crippen LogP contribution in [0.3, 0.4) is 0 Å². The molecule has 1 saturated heterocycles. The lowest BCUT2D eigenvalue weighted by Crippen LogP contribution is -2.37. The second kappa shape index (κ2) is 4.25. The van der Waals surface area contributed by atoms with Gasteiger partial charge in [0.2, 0.25) is 0 Å². The van der Waals surface area contributed by atoms with E-state index in [1.807, 2.05) is 0 Å². The Morgan fingerprint density at radius 3 is 2.67 bits per heavy atom. The van der Waals surface area contributed by atoms with Crippen molar-refractivity contribution in [3.05, 3.63) is 0 Å². The van der Waals surface area contributed by atoms with Crippen molar-refractivity contribution in [1.29, 1.82) is 0 Å². The fourth-order valence-electron chi connectivity index (χ4n) is 2.99. The molecule has 0 radical (unpaired) electrons. The summed E-state index contributed by atoms with van der Waals surface area (Å²) in [6.07, 6.45) is 5.64. The van der Waals surface area contributed by atoms with Crippen LogP contribution in [0.4, 0.5) is 0 Å². The van der Waals surface area contributed by atoms with E-state index in [-0.39, 0.29) is 0 Å². The van der Waals surface area contributed by atoms with E-state index >= 15 is 0 Å². The Bertz CT molecular complexity index is 241. The van der Waals surface area contributed by atoms with Crippen LogP contribution < -0.4 is 0 Å². The summed E-state index contributed by atoms with van der Waals surface area (Å²) < 4.78 is 0. The first-order valence-electron chi connectivity index (χ1n) is 6.32. The number of hydrogen-bond donors (Lipinski definition) is 0. The van der Waals surface area contributed by atoms with Crippen LogP contribution in [0.5, 0.6) is 0 Å². The number of carbonyl (C=O) groups is 1. The maximum absolute atomic E-state index is 11.8. The van der Waals surface area contributed by atoms with Crippen LogP contribution in [0.15, 0.2) is 0 Å². The number of rotatable bonds is 2. The van der Waals surface area contributed by atoms with Gasteiger partial charge in [-0.3, -0.25) is 4.79 Å². The van der Waals surface area contributed by atoms with E-state index in [9.17, 15) is 4.79 Å². The summed E-state index contributed by atoms with van der Waals surface area (Å²) in [5.41, 5.74) is 0.387. The molecule has 0 aromatic carbocycles. The zero-order chi connectivity index (χ0) is 10.9. The smallest absolute Gasteiger partial charge is 0.137 e. The minimum absolute atomic E-state index is 0.326. The maximum atomic E-state index is 11.8. The Morgan fingerprint density at radius 2 is 2.00 bits per heavy atom. The summed E-state index contributed by atoms with van der Waals surface area (Å²) in [6.45, 7) is 8.06. The van der Waals surface area contributed by atoms with Gasteiger partial charge in [-0.1, -0.05) is 13.8 Å². The number of Topliss-reactive ketones (excluding diaryl/α,β-unsaturated/α-hetero) is 1. The van der Waals surface area contributed by atoms with Gasteiger partial charge < -0.3 is 4.90 Å². The van der Waals surface area contributed by atoms with Gasteiger partial charge in [-0.25, -0.2) is 0 Å². The molecule has 2 fully saturated rings. The molecular formula is C13H23NO. The topological polar surface area (TPSA) is 20.3 Å². The Kier molecular flexibility index (Phi) is 3.15. The van der Waals surface area contributed by atoms with Gasteiger partial charge in [-0.15, -0.1) is 0 Å². The lowest BCUT2D eigenvalue weighted by Gasteiger charge is -2.35. The van der Waals surface area contributed by atoms with Crippen LogP contribution in [0.25, 0.3) is 0 Å². The zero-order valence-corrected chi connectivity index (χ0v) is 10.1. The molecule has 1 aliphatic heterocycles. The number of ketones is 1. The van der Waals surface area contributed by atoms with Crippen molar-refractivity contribution in [1.82, 2.24) is 4.90 Å². The van der Waals surface area contributed by atoms with Gasteiger partial charge in [0, 0.05) is 18.9 Å². The van der Waals surface area contributed by atoms with Gasteiger partial charge in [0.05, 0.1) is 0 Å². The third kappa shape index (κ3) is 2.81. The molecule has 2 rings (SSSR count). The molecule has 1 atom stereocenters. The standard InChI is InChI=1S/C13H23NO/c1-13(2)6-5-12(15)11(9-13)10-14-7-3-4-8-14/h11H,3-10H2,1-2H3. The van der Waals surface area contributed by atoms with Crippen molar-refractivity contribution in [2.24, 2.45) is 11.3 Å². The highest BCUT2D eigenvalue weighted by Gasteiger charge is 2.34. The van der Waals surface area contributed by atoms with Gasteiger partial charge in [0.25, 0.3) is 0 Å². The molecule has 0 bridgehead atoms. The van der Waals surface area contributed by atoms with Gasteiger partial charge >= 0.3 is 0 Å². The van der Waals surface area contributed by atoms with Gasteiger partial charge in [0.1, 0.15) is 5.78 Å². The summed E-state index contributed by atoms with van der Waals surface area (Å²) in [6, 6.07) is 0. The van der Waals surface area contributed by atoms with Crippen molar-refractivity contribution in [2.75, 3.05) is 19.6 Å². The molecule has 2 nitrogen and oxygen atoms in total.